The Morgan fingerprint density at radius 3 is 2.74 bits per heavy atom. The number of nitrogens with one attached hydrogen (secondary N) is 2. The lowest BCUT2D eigenvalue weighted by Gasteiger charge is -2.01. The second kappa shape index (κ2) is 7.03. The Balaban J connectivity index is 1.58. The molecule has 118 valence electrons. The molecule has 2 N–H and O–H groups in total. The Morgan fingerprint density at radius 1 is 1.22 bits per heavy atom. The minimum atomic E-state index is -0.138. The molecule has 0 aliphatic rings. The fraction of sp³-hybridized carbons (Fsp3) is 0.143. The van der Waals surface area contributed by atoms with E-state index in [2.05, 4.69) is 25.6 Å². The van der Waals surface area contributed by atoms with Crippen molar-refractivity contribution in [1.29, 1.82) is 0 Å². The van der Waals surface area contributed by atoms with Crippen LogP contribution >= 0.6 is 34.3 Å². The lowest BCUT2D eigenvalue weighted by molar-refractivity contribution is -0.115. The van der Waals surface area contributed by atoms with Crippen molar-refractivity contribution in [2.45, 2.75) is 13.3 Å². The van der Waals surface area contributed by atoms with Crippen LogP contribution in [0.15, 0.2) is 29.1 Å². The van der Waals surface area contributed by atoms with Crippen LogP contribution in [0, 0.1) is 6.92 Å². The number of carbonyl (C=O) groups is 1. The maximum absolute atomic E-state index is 12.0. The molecule has 6 nitrogen and oxygen atoms in total. The van der Waals surface area contributed by atoms with E-state index in [0.29, 0.717) is 26.8 Å². The number of aromatic nitrogens is 3. The van der Waals surface area contributed by atoms with Crippen molar-refractivity contribution in [3.63, 3.8) is 0 Å². The maximum atomic E-state index is 12.0. The van der Waals surface area contributed by atoms with Crippen molar-refractivity contribution >= 4 is 56.3 Å². The molecule has 0 aromatic carbocycles. The molecule has 0 spiro atoms. The molecule has 0 bridgehead atoms. The van der Waals surface area contributed by atoms with Crippen LogP contribution < -0.4 is 10.6 Å². The van der Waals surface area contributed by atoms with Crippen molar-refractivity contribution < 1.29 is 4.79 Å². The Kier molecular flexibility index (Phi) is 4.85. The first-order valence-electron chi connectivity index (χ1n) is 6.63. The average Bonchev–Trinajstić information content (AvgIpc) is 3.11. The summed E-state index contributed by atoms with van der Waals surface area (Å²) in [6.45, 7) is 1.88. The van der Waals surface area contributed by atoms with E-state index < -0.39 is 0 Å². The summed E-state index contributed by atoms with van der Waals surface area (Å²) in [5, 5.41) is 11.4. The fourth-order valence-corrected chi connectivity index (χ4v) is 3.28. The molecule has 23 heavy (non-hydrogen) atoms. The van der Waals surface area contributed by atoms with E-state index in [1.807, 2.05) is 17.7 Å². The summed E-state index contributed by atoms with van der Waals surface area (Å²) >= 11 is 8.61. The van der Waals surface area contributed by atoms with E-state index in [0.717, 1.165) is 5.69 Å². The molecule has 0 fully saturated rings. The molecule has 0 saturated heterocycles. The van der Waals surface area contributed by atoms with Gasteiger partial charge in [0.2, 0.25) is 5.91 Å². The Labute approximate surface area is 145 Å². The van der Waals surface area contributed by atoms with Gasteiger partial charge in [0.15, 0.2) is 10.3 Å². The number of aryl methyl sites for hydroxylation is 1. The molecule has 1 amide bonds. The van der Waals surface area contributed by atoms with E-state index in [1.54, 1.807) is 18.3 Å². The number of rotatable bonds is 5. The van der Waals surface area contributed by atoms with Gasteiger partial charge in [-0.1, -0.05) is 11.6 Å². The van der Waals surface area contributed by atoms with Gasteiger partial charge in [0.05, 0.1) is 22.8 Å². The van der Waals surface area contributed by atoms with E-state index in [-0.39, 0.29) is 12.3 Å². The Bertz CT molecular complexity index is 815. The third-order valence-electron chi connectivity index (χ3n) is 2.72. The van der Waals surface area contributed by atoms with Crippen molar-refractivity contribution in [2.75, 3.05) is 10.6 Å². The highest BCUT2D eigenvalue weighted by Crippen LogP contribution is 2.21. The molecule has 0 unspecified atom stereocenters. The number of hydrogen-bond acceptors (Lipinski definition) is 7. The van der Waals surface area contributed by atoms with Gasteiger partial charge < -0.3 is 10.6 Å². The Morgan fingerprint density at radius 2 is 2.04 bits per heavy atom. The van der Waals surface area contributed by atoms with Crippen LogP contribution in [0.2, 0.25) is 5.02 Å². The molecular weight excluding hydrogens is 354 g/mol. The normalized spacial score (nSPS) is 10.5. The molecule has 0 aliphatic carbocycles. The summed E-state index contributed by atoms with van der Waals surface area (Å²) in [7, 11) is 0. The number of pyridine rings is 1. The van der Waals surface area contributed by atoms with Crippen LogP contribution in [0.3, 0.4) is 0 Å². The van der Waals surface area contributed by atoms with Gasteiger partial charge in [0, 0.05) is 17.0 Å². The van der Waals surface area contributed by atoms with Crippen molar-refractivity contribution in [3.05, 3.63) is 45.5 Å². The summed E-state index contributed by atoms with van der Waals surface area (Å²) in [6.07, 6.45) is 1.76. The van der Waals surface area contributed by atoms with E-state index in [9.17, 15) is 4.79 Å². The molecule has 0 aliphatic heterocycles. The highest BCUT2D eigenvalue weighted by atomic mass is 35.5. The number of nitrogens with zero attached hydrogens (tertiary/aromatic N) is 3. The van der Waals surface area contributed by atoms with Gasteiger partial charge >= 0.3 is 0 Å². The quantitative estimate of drug-likeness (QED) is 0.717. The van der Waals surface area contributed by atoms with Gasteiger partial charge in [-0.3, -0.25) is 4.79 Å². The smallest absolute Gasteiger partial charge is 0.232 e. The van der Waals surface area contributed by atoms with Crippen molar-refractivity contribution in [3.8, 4) is 0 Å². The molecule has 9 heteroatoms. The molecule has 3 heterocycles. The first-order chi connectivity index (χ1) is 11.1. The fourth-order valence-electron chi connectivity index (χ4n) is 1.74. The third-order valence-corrected chi connectivity index (χ3v) is 4.63. The van der Waals surface area contributed by atoms with Crippen LogP contribution in [-0.4, -0.2) is 20.9 Å². The zero-order chi connectivity index (χ0) is 16.2. The van der Waals surface area contributed by atoms with Crippen LogP contribution in [0.1, 0.15) is 11.4 Å². The largest absolute Gasteiger partial charge is 0.316 e. The van der Waals surface area contributed by atoms with Gasteiger partial charge in [-0.2, -0.15) is 0 Å². The highest BCUT2D eigenvalue weighted by molar-refractivity contribution is 7.14. The molecule has 0 atom stereocenters. The monoisotopic (exact) mass is 365 g/mol. The summed E-state index contributed by atoms with van der Waals surface area (Å²) in [4.78, 5) is 24.7. The maximum Gasteiger partial charge on any atom is 0.232 e. The second-order valence-electron chi connectivity index (χ2n) is 4.65. The van der Waals surface area contributed by atoms with E-state index in [4.69, 9.17) is 11.6 Å². The zero-order valence-electron chi connectivity index (χ0n) is 12.0. The molecule has 0 saturated carbocycles. The average molecular weight is 366 g/mol. The zero-order valence-corrected chi connectivity index (χ0v) is 14.4. The van der Waals surface area contributed by atoms with E-state index in [1.165, 1.54) is 22.7 Å². The third kappa shape index (κ3) is 4.47. The summed E-state index contributed by atoms with van der Waals surface area (Å²) in [6, 6.07) is 3.51. The lowest BCUT2D eigenvalue weighted by Crippen LogP contribution is -2.14. The highest BCUT2D eigenvalue weighted by Gasteiger charge is 2.10. The van der Waals surface area contributed by atoms with Crippen LogP contribution in [0.4, 0.5) is 16.1 Å². The number of halogens is 1. The van der Waals surface area contributed by atoms with Crippen molar-refractivity contribution in [1.82, 2.24) is 15.0 Å². The number of anilines is 3. The minimum absolute atomic E-state index is 0.138. The molecule has 0 radical (unpaired) electrons. The lowest BCUT2D eigenvalue weighted by atomic mass is 10.3. The SMILES string of the molecule is Cc1csc(NC(=O)Cc2csc(Nc3ccc(Cl)cn3)n2)n1. The van der Waals surface area contributed by atoms with E-state index >= 15 is 0 Å². The second-order valence-corrected chi connectivity index (χ2v) is 6.80. The van der Waals surface area contributed by atoms with Gasteiger partial charge in [0.25, 0.3) is 0 Å². The minimum Gasteiger partial charge on any atom is -0.316 e. The number of thiazole rings is 2. The topological polar surface area (TPSA) is 79.8 Å². The summed E-state index contributed by atoms with van der Waals surface area (Å²) < 4.78 is 0. The van der Waals surface area contributed by atoms with Gasteiger partial charge in [-0.15, -0.1) is 22.7 Å². The van der Waals surface area contributed by atoms with Gasteiger partial charge in [0.1, 0.15) is 5.82 Å². The first kappa shape index (κ1) is 15.9. The molecule has 3 aromatic heterocycles. The molecule has 3 aromatic rings. The van der Waals surface area contributed by atoms with Crippen LogP contribution in [0.5, 0.6) is 0 Å². The van der Waals surface area contributed by atoms with Gasteiger partial charge in [-0.25, -0.2) is 15.0 Å². The number of hydrogen-bond donors (Lipinski definition) is 2. The standard InChI is InChI=1S/C14H12ClN5OS2/c1-8-6-22-13(17-8)20-12(21)4-10-7-23-14(18-10)19-11-3-2-9(15)5-16-11/h2-3,5-7H,4H2,1H3,(H,16,18,19)(H,17,20,21). The number of carbonyl (C=O) groups excluding carboxylic acids is 1. The predicted octanol–water partition coefficient (Wildman–Crippen LogP) is 3.88. The first-order valence-corrected chi connectivity index (χ1v) is 8.77. The van der Waals surface area contributed by atoms with Crippen LogP contribution in [0.25, 0.3) is 0 Å². The summed E-state index contributed by atoms with van der Waals surface area (Å²) in [5.41, 5.74) is 1.58. The van der Waals surface area contributed by atoms with Crippen molar-refractivity contribution in [2.24, 2.45) is 0 Å². The Hall–Kier alpha value is -2.03. The number of amides is 1. The van der Waals surface area contributed by atoms with Gasteiger partial charge in [-0.05, 0) is 19.1 Å². The molecule has 3 rings (SSSR count). The predicted molar refractivity (Wildman–Crippen MR) is 93.8 cm³/mol. The summed E-state index contributed by atoms with van der Waals surface area (Å²) in [5.74, 6) is 0.513. The molecular formula is C14H12ClN5OS2. The van der Waals surface area contributed by atoms with Crippen LogP contribution in [-0.2, 0) is 11.2 Å².